The number of halogens is 1. The van der Waals surface area contributed by atoms with Gasteiger partial charge in [-0.15, -0.1) is 10.5 Å². The Hall–Kier alpha value is -4.70. The van der Waals surface area contributed by atoms with Crippen molar-refractivity contribution in [3.8, 4) is 22.6 Å². The van der Waals surface area contributed by atoms with Gasteiger partial charge in [-0.1, -0.05) is 11.9 Å². The zero-order valence-corrected chi connectivity index (χ0v) is 21.4. The van der Waals surface area contributed by atoms with Crippen LogP contribution in [0.25, 0.3) is 22.6 Å². The molecule has 5 aromatic rings. The second-order valence-electron chi connectivity index (χ2n) is 8.42. The summed E-state index contributed by atoms with van der Waals surface area (Å²) in [5.74, 6) is 3.77. The number of benzene rings is 2. The van der Waals surface area contributed by atoms with Gasteiger partial charge in [0.25, 0.3) is 5.91 Å². The van der Waals surface area contributed by atoms with E-state index in [1.54, 1.807) is 42.9 Å². The second kappa shape index (κ2) is 10.7. The van der Waals surface area contributed by atoms with Gasteiger partial charge >= 0.3 is 0 Å². The third-order valence-corrected chi connectivity index (χ3v) is 6.35. The molecule has 1 amide bonds. The summed E-state index contributed by atoms with van der Waals surface area (Å²) in [4.78, 5) is 30.7. The van der Waals surface area contributed by atoms with Crippen LogP contribution in [-0.4, -0.2) is 38.0 Å². The fourth-order valence-corrected chi connectivity index (χ4v) is 4.11. The molecule has 2 aromatic carbocycles. The number of pyridine rings is 1. The zero-order valence-electron chi connectivity index (χ0n) is 20.6. The summed E-state index contributed by atoms with van der Waals surface area (Å²) in [6.45, 7) is 1.94. The Bertz CT molecular complexity index is 1640. The van der Waals surface area contributed by atoms with Gasteiger partial charge in [0.1, 0.15) is 5.82 Å². The maximum absolute atomic E-state index is 13.5. The van der Waals surface area contributed by atoms with Crippen LogP contribution < -0.4 is 10.6 Å². The van der Waals surface area contributed by atoms with Gasteiger partial charge in [0.2, 0.25) is 11.2 Å². The summed E-state index contributed by atoms with van der Waals surface area (Å²) < 4.78 is 19.3. The molecule has 0 saturated heterocycles. The third-order valence-electron chi connectivity index (χ3n) is 5.58. The van der Waals surface area contributed by atoms with Crippen molar-refractivity contribution in [1.82, 2.24) is 19.9 Å². The molecule has 1 atom stereocenters. The predicted octanol–water partition coefficient (Wildman–Crippen LogP) is 6.33. The van der Waals surface area contributed by atoms with E-state index in [4.69, 9.17) is 4.42 Å². The number of nitrogens with zero attached hydrogens (tertiary/aromatic N) is 4. The molecule has 5 rings (SSSR count). The molecule has 38 heavy (non-hydrogen) atoms. The van der Waals surface area contributed by atoms with Gasteiger partial charge in [-0.05, 0) is 73.3 Å². The summed E-state index contributed by atoms with van der Waals surface area (Å²) in [6, 6.07) is 16.7. The number of hydrogen-bond donors (Lipinski definition) is 2. The van der Waals surface area contributed by atoms with Crippen molar-refractivity contribution in [2.24, 2.45) is 0 Å². The summed E-state index contributed by atoms with van der Waals surface area (Å²) in [7, 11) is -0.565. The molecule has 0 bridgehead atoms. The number of aromatic nitrogens is 4. The second-order valence-corrected chi connectivity index (χ2v) is 10.0. The number of hydrogen-bond acceptors (Lipinski definition) is 7. The lowest BCUT2D eigenvalue weighted by atomic mass is 10.1. The minimum absolute atomic E-state index is 0.0946. The quantitative estimate of drug-likeness (QED) is 0.239. The molecular weight excluding hydrogens is 503 g/mol. The van der Waals surface area contributed by atoms with E-state index in [1.807, 2.05) is 37.4 Å². The molecule has 1 unspecified atom stereocenters. The van der Waals surface area contributed by atoms with Crippen molar-refractivity contribution >= 4 is 39.6 Å². The molecule has 3 aromatic heterocycles. The van der Waals surface area contributed by atoms with Crippen molar-refractivity contribution in [2.75, 3.05) is 16.9 Å². The first-order valence-corrected chi connectivity index (χ1v) is 13.3. The molecule has 0 aliphatic rings. The summed E-state index contributed by atoms with van der Waals surface area (Å²) in [5.41, 5.74) is 4.42. The van der Waals surface area contributed by atoms with E-state index in [0.717, 1.165) is 22.5 Å². The van der Waals surface area contributed by atoms with Crippen molar-refractivity contribution in [1.29, 1.82) is 0 Å². The monoisotopic (exact) mass is 526 g/mol. The summed E-state index contributed by atoms with van der Waals surface area (Å²) in [5, 5.41) is 6.45. The first-order valence-electron chi connectivity index (χ1n) is 11.5. The van der Waals surface area contributed by atoms with Crippen LogP contribution in [0.2, 0.25) is 0 Å². The van der Waals surface area contributed by atoms with Crippen LogP contribution in [0.4, 0.5) is 21.7 Å². The normalized spacial score (nSPS) is 11.7. The van der Waals surface area contributed by atoms with Crippen LogP contribution in [-0.2, 0) is 0 Å². The highest BCUT2D eigenvalue weighted by molar-refractivity contribution is 8.13. The number of rotatable bonds is 7. The Morgan fingerprint density at radius 2 is 1.84 bits per heavy atom. The van der Waals surface area contributed by atoms with Crippen molar-refractivity contribution in [2.45, 2.75) is 12.1 Å². The smallest absolute Gasteiger partial charge is 0.278 e. The lowest BCUT2D eigenvalue weighted by Gasteiger charge is -2.12. The lowest BCUT2D eigenvalue weighted by Crippen LogP contribution is -2.14. The Kier molecular flexibility index (Phi) is 7.05. The molecule has 0 radical (unpaired) electrons. The minimum atomic E-state index is -0.565. The van der Waals surface area contributed by atoms with E-state index in [1.165, 1.54) is 12.1 Å². The summed E-state index contributed by atoms with van der Waals surface area (Å²) >= 11 is 0. The van der Waals surface area contributed by atoms with Gasteiger partial charge in [0.15, 0.2) is 11.5 Å². The van der Waals surface area contributed by atoms with Gasteiger partial charge in [-0.25, -0.2) is 14.4 Å². The van der Waals surface area contributed by atoms with E-state index in [0.29, 0.717) is 22.4 Å². The van der Waals surface area contributed by atoms with E-state index in [2.05, 4.69) is 36.4 Å². The van der Waals surface area contributed by atoms with Crippen LogP contribution in [0.1, 0.15) is 16.1 Å². The number of amides is 1. The van der Waals surface area contributed by atoms with E-state index in [-0.39, 0.29) is 17.3 Å². The number of anilines is 3. The molecule has 0 spiro atoms. The molecule has 10 heteroatoms. The highest BCUT2D eigenvalue weighted by Crippen LogP contribution is 2.32. The molecule has 8 nitrogen and oxygen atoms in total. The Labute approximate surface area is 221 Å². The Morgan fingerprint density at radius 3 is 2.58 bits per heavy atom. The van der Waals surface area contributed by atoms with Crippen LogP contribution in [0.3, 0.4) is 0 Å². The van der Waals surface area contributed by atoms with E-state index >= 15 is 0 Å². The molecule has 2 N–H and O–H groups in total. The lowest BCUT2D eigenvalue weighted by molar-refractivity contribution is 0.102. The van der Waals surface area contributed by atoms with Gasteiger partial charge in [-0.3, -0.25) is 9.78 Å². The van der Waals surface area contributed by atoms with E-state index in [9.17, 15) is 9.18 Å². The fourth-order valence-electron chi connectivity index (χ4n) is 3.64. The number of carbonyl (C=O) groups is 1. The number of oxazole rings is 1. The average molecular weight is 527 g/mol. The molecule has 0 fully saturated rings. The highest BCUT2D eigenvalue weighted by Gasteiger charge is 2.22. The van der Waals surface area contributed by atoms with Gasteiger partial charge in [0.05, 0.1) is 5.69 Å². The minimum Gasteiger partial charge on any atom is -0.431 e. The van der Waals surface area contributed by atoms with Crippen molar-refractivity contribution in [3.05, 3.63) is 96.3 Å². The molecule has 0 saturated carbocycles. The first-order chi connectivity index (χ1) is 18.4. The molecule has 0 aliphatic carbocycles. The molecule has 3 heterocycles. The topological polar surface area (TPSA) is 106 Å². The van der Waals surface area contributed by atoms with Crippen LogP contribution >= 0.6 is 10.5 Å². The van der Waals surface area contributed by atoms with Gasteiger partial charge < -0.3 is 15.1 Å². The highest BCUT2D eigenvalue weighted by atomic mass is 32.2. The van der Waals surface area contributed by atoms with Crippen LogP contribution in [0, 0.1) is 12.7 Å². The SMILES string of the molecule is C=S(C)c1nc(C(=O)Nc2ccc(C)c(Nc3nccc(-c4cccnc4)n3)c2)c(-c2ccc(F)cc2)o1. The Balaban J connectivity index is 1.40. The molecule has 190 valence electrons. The maximum atomic E-state index is 13.5. The number of aryl methyl sites for hydroxylation is 1. The van der Waals surface area contributed by atoms with Crippen molar-refractivity contribution in [3.63, 3.8) is 0 Å². The number of carbonyl (C=O) groups excluding carboxylic acids is 1. The fraction of sp³-hybridized carbons (Fsp3) is 0.0714. The first kappa shape index (κ1) is 25.0. The Morgan fingerprint density at radius 1 is 1.03 bits per heavy atom. The van der Waals surface area contributed by atoms with Crippen LogP contribution in [0.15, 0.2) is 88.9 Å². The summed E-state index contributed by atoms with van der Waals surface area (Å²) in [6.07, 6.45) is 6.95. The molecule has 0 aliphatic heterocycles. The zero-order chi connectivity index (χ0) is 26.6. The predicted molar refractivity (Wildman–Crippen MR) is 148 cm³/mol. The van der Waals surface area contributed by atoms with Crippen molar-refractivity contribution < 1.29 is 13.6 Å². The molecular formula is C28H23FN6O2S. The standard InChI is InChI=1S/C28H23FN6O2S/c1-17-6-11-21(15-23(17)34-27-31-14-12-22(33-27)19-5-4-13-30-16-19)32-26(36)24-25(37-28(35-24)38(2)3)18-7-9-20(29)10-8-18/h4-16H,2H2,1,3H3,(H,32,36)(H,31,33,34). The van der Waals surface area contributed by atoms with E-state index < -0.39 is 16.4 Å². The largest absolute Gasteiger partial charge is 0.431 e. The maximum Gasteiger partial charge on any atom is 0.278 e. The average Bonchev–Trinajstić information content (AvgIpc) is 3.38. The van der Waals surface area contributed by atoms with Gasteiger partial charge in [-0.2, -0.15) is 4.98 Å². The van der Waals surface area contributed by atoms with Gasteiger partial charge in [0, 0.05) is 41.1 Å². The van der Waals surface area contributed by atoms with Crippen LogP contribution in [0.5, 0.6) is 0 Å². The number of nitrogens with one attached hydrogen (secondary N) is 2. The third kappa shape index (κ3) is 5.50.